The van der Waals surface area contributed by atoms with Crippen LogP contribution in [0.4, 0.5) is 5.82 Å². The molecule has 1 saturated heterocycles. The normalized spacial score (nSPS) is 18.6. The van der Waals surface area contributed by atoms with Crippen LogP contribution in [0.25, 0.3) is 0 Å². The zero-order valence-corrected chi connectivity index (χ0v) is 13.9. The molecule has 1 aliphatic heterocycles. The third-order valence-corrected chi connectivity index (χ3v) is 4.02. The number of anilines is 1. The van der Waals surface area contributed by atoms with E-state index in [0.29, 0.717) is 5.41 Å². The maximum atomic E-state index is 4.93. The first-order valence-electron chi connectivity index (χ1n) is 7.62. The smallest absolute Gasteiger partial charge is 0.129 e. The van der Waals surface area contributed by atoms with Crippen molar-refractivity contribution in [3.63, 3.8) is 0 Å². The molecule has 20 heavy (non-hydrogen) atoms. The fraction of sp³-hybridized carbons (Fsp3) is 0.706. The summed E-state index contributed by atoms with van der Waals surface area (Å²) < 4.78 is 0. The van der Waals surface area contributed by atoms with Crippen molar-refractivity contribution in [3.05, 3.63) is 23.4 Å². The number of aromatic nitrogens is 1. The summed E-state index contributed by atoms with van der Waals surface area (Å²) in [5, 5.41) is 3.25. The van der Waals surface area contributed by atoms with E-state index >= 15 is 0 Å². The van der Waals surface area contributed by atoms with E-state index in [1.165, 1.54) is 17.7 Å². The molecule has 1 aromatic rings. The second-order valence-corrected chi connectivity index (χ2v) is 7.83. The zero-order valence-electron chi connectivity index (χ0n) is 13.9. The van der Waals surface area contributed by atoms with Crippen LogP contribution in [0.15, 0.2) is 12.1 Å². The van der Waals surface area contributed by atoms with Crippen LogP contribution < -0.4 is 10.2 Å². The number of pyridine rings is 1. The van der Waals surface area contributed by atoms with Crippen molar-refractivity contribution in [2.45, 2.75) is 53.0 Å². The van der Waals surface area contributed by atoms with Gasteiger partial charge in [0.2, 0.25) is 0 Å². The molecule has 1 aromatic heterocycles. The average Bonchev–Trinajstić information content (AvgIpc) is 2.69. The van der Waals surface area contributed by atoms with Gasteiger partial charge in [-0.05, 0) is 36.6 Å². The second-order valence-electron chi connectivity index (χ2n) is 7.83. The monoisotopic (exact) mass is 275 g/mol. The van der Waals surface area contributed by atoms with Gasteiger partial charge in [-0.15, -0.1) is 0 Å². The van der Waals surface area contributed by atoms with Crippen LogP contribution in [-0.2, 0) is 12.0 Å². The second kappa shape index (κ2) is 5.36. The minimum atomic E-state index is 0.0910. The molecule has 0 aromatic carbocycles. The van der Waals surface area contributed by atoms with Crippen molar-refractivity contribution >= 4 is 5.82 Å². The molecule has 1 aliphatic rings. The van der Waals surface area contributed by atoms with Crippen LogP contribution in [0, 0.1) is 5.41 Å². The summed E-state index contributed by atoms with van der Waals surface area (Å²) in [4.78, 5) is 7.37. The highest BCUT2D eigenvalue weighted by atomic mass is 15.2. The van der Waals surface area contributed by atoms with E-state index in [4.69, 9.17) is 4.98 Å². The first-order chi connectivity index (χ1) is 9.21. The van der Waals surface area contributed by atoms with Crippen LogP contribution in [0.3, 0.4) is 0 Å². The molecule has 0 unspecified atom stereocenters. The molecule has 1 N–H and O–H groups in total. The Morgan fingerprint density at radius 1 is 1.30 bits per heavy atom. The molecule has 0 saturated carbocycles. The van der Waals surface area contributed by atoms with Gasteiger partial charge in [-0.3, -0.25) is 0 Å². The largest absolute Gasteiger partial charge is 0.356 e. The summed E-state index contributed by atoms with van der Waals surface area (Å²) in [7, 11) is 2.00. The first-order valence-corrected chi connectivity index (χ1v) is 7.62. The van der Waals surface area contributed by atoms with Crippen molar-refractivity contribution in [2.24, 2.45) is 5.41 Å². The highest BCUT2D eigenvalue weighted by Crippen LogP contribution is 2.33. The fourth-order valence-electron chi connectivity index (χ4n) is 2.73. The van der Waals surface area contributed by atoms with Crippen LogP contribution in [-0.4, -0.2) is 25.1 Å². The van der Waals surface area contributed by atoms with Gasteiger partial charge in [0.15, 0.2) is 0 Å². The fourth-order valence-corrected chi connectivity index (χ4v) is 2.73. The van der Waals surface area contributed by atoms with Crippen LogP contribution in [0.5, 0.6) is 0 Å². The lowest BCUT2D eigenvalue weighted by Gasteiger charge is -2.25. The van der Waals surface area contributed by atoms with Gasteiger partial charge in [0, 0.05) is 30.7 Å². The molecule has 0 amide bonds. The predicted molar refractivity (Wildman–Crippen MR) is 86.3 cm³/mol. The maximum absolute atomic E-state index is 4.93. The van der Waals surface area contributed by atoms with E-state index in [1.807, 2.05) is 7.05 Å². The van der Waals surface area contributed by atoms with Crippen LogP contribution in [0.1, 0.15) is 52.3 Å². The molecular formula is C17H29N3. The van der Waals surface area contributed by atoms with Gasteiger partial charge in [-0.25, -0.2) is 4.98 Å². The summed E-state index contributed by atoms with van der Waals surface area (Å²) in [6, 6.07) is 4.48. The van der Waals surface area contributed by atoms with E-state index in [2.05, 4.69) is 57.0 Å². The van der Waals surface area contributed by atoms with Gasteiger partial charge in [0.05, 0.1) is 0 Å². The maximum Gasteiger partial charge on any atom is 0.129 e. The first kappa shape index (κ1) is 15.3. The summed E-state index contributed by atoms with van der Waals surface area (Å²) in [6.45, 7) is 14.5. The lowest BCUT2D eigenvalue weighted by molar-refractivity contribution is 0.418. The molecule has 0 aliphatic carbocycles. The third kappa shape index (κ3) is 3.51. The molecule has 112 valence electrons. The van der Waals surface area contributed by atoms with Gasteiger partial charge in [-0.1, -0.05) is 34.6 Å². The Balaban J connectivity index is 2.35. The van der Waals surface area contributed by atoms with Crippen molar-refractivity contribution in [2.75, 3.05) is 25.0 Å². The Morgan fingerprint density at radius 3 is 2.50 bits per heavy atom. The Hall–Kier alpha value is -1.09. The van der Waals surface area contributed by atoms with Crippen LogP contribution >= 0.6 is 0 Å². The van der Waals surface area contributed by atoms with E-state index in [1.54, 1.807) is 0 Å². The van der Waals surface area contributed by atoms with E-state index in [0.717, 1.165) is 25.5 Å². The van der Waals surface area contributed by atoms with E-state index in [9.17, 15) is 0 Å². The van der Waals surface area contributed by atoms with E-state index < -0.39 is 0 Å². The topological polar surface area (TPSA) is 28.2 Å². The van der Waals surface area contributed by atoms with Crippen molar-refractivity contribution in [1.29, 1.82) is 0 Å². The van der Waals surface area contributed by atoms with Crippen LogP contribution in [0.2, 0.25) is 0 Å². The Bertz CT molecular complexity index is 472. The SMILES string of the molecule is CNCc1cc(N2CCC(C)(C)C2)nc(C(C)(C)C)c1. The summed E-state index contributed by atoms with van der Waals surface area (Å²) in [5.41, 5.74) is 3.01. The molecule has 2 heterocycles. The van der Waals surface area contributed by atoms with Gasteiger partial charge < -0.3 is 10.2 Å². The predicted octanol–water partition coefficient (Wildman–Crippen LogP) is 3.33. The quantitative estimate of drug-likeness (QED) is 0.917. The summed E-state index contributed by atoms with van der Waals surface area (Å²) in [5.74, 6) is 1.15. The Morgan fingerprint density at radius 2 is 2.00 bits per heavy atom. The highest BCUT2D eigenvalue weighted by molar-refractivity contribution is 5.45. The molecule has 1 fully saturated rings. The zero-order chi connectivity index (χ0) is 15.0. The minimum absolute atomic E-state index is 0.0910. The van der Waals surface area contributed by atoms with Crippen molar-refractivity contribution < 1.29 is 0 Å². The average molecular weight is 275 g/mol. The molecule has 3 heteroatoms. The number of nitrogens with zero attached hydrogens (tertiary/aromatic N) is 2. The minimum Gasteiger partial charge on any atom is -0.356 e. The standard InChI is InChI=1S/C17H29N3/c1-16(2,3)14-9-13(11-18-6)10-15(19-14)20-8-7-17(4,5)12-20/h9-10,18H,7-8,11-12H2,1-6H3. The molecule has 0 radical (unpaired) electrons. The van der Waals surface area contributed by atoms with Gasteiger partial charge in [-0.2, -0.15) is 0 Å². The molecule has 0 bridgehead atoms. The third-order valence-electron chi connectivity index (χ3n) is 4.02. The van der Waals surface area contributed by atoms with E-state index in [-0.39, 0.29) is 5.41 Å². The number of nitrogens with one attached hydrogen (secondary N) is 1. The Labute approximate surface area is 123 Å². The highest BCUT2D eigenvalue weighted by Gasteiger charge is 2.30. The van der Waals surface area contributed by atoms with Crippen molar-refractivity contribution in [3.8, 4) is 0 Å². The molecule has 3 nitrogen and oxygen atoms in total. The lowest BCUT2D eigenvalue weighted by atomic mass is 9.90. The van der Waals surface area contributed by atoms with Crippen molar-refractivity contribution in [1.82, 2.24) is 10.3 Å². The van der Waals surface area contributed by atoms with Gasteiger partial charge >= 0.3 is 0 Å². The summed E-state index contributed by atoms with van der Waals surface area (Å²) >= 11 is 0. The molecular weight excluding hydrogens is 246 g/mol. The lowest BCUT2D eigenvalue weighted by Crippen LogP contribution is -2.25. The molecule has 0 atom stereocenters. The molecule has 0 spiro atoms. The molecule has 2 rings (SSSR count). The summed E-state index contributed by atoms with van der Waals surface area (Å²) in [6.07, 6.45) is 1.25. The number of hydrogen-bond acceptors (Lipinski definition) is 3. The van der Waals surface area contributed by atoms with Gasteiger partial charge in [0.25, 0.3) is 0 Å². The number of rotatable bonds is 3. The van der Waals surface area contributed by atoms with Gasteiger partial charge in [0.1, 0.15) is 5.82 Å². The number of hydrogen-bond donors (Lipinski definition) is 1. The Kier molecular flexibility index (Phi) is 4.10.